The molecular weight excluding hydrogens is 421 g/mol. The summed E-state index contributed by atoms with van der Waals surface area (Å²) in [6.07, 6.45) is 2.84. The molecule has 12 heteroatoms. The SMILES string of the molecule is CC(C)(C)Cc1nc(C(Cl)(Cl)C(Cl)(Cl)Cl)nn1C(=O)n1cncn1. The van der Waals surface area contributed by atoms with E-state index in [4.69, 9.17) is 58.0 Å². The fraction of sp³-hybridized carbons (Fsp3) is 0.583. The van der Waals surface area contributed by atoms with Gasteiger partial charge in [0.05, 0.1) is 0 Å². The van der Waals surface area contributed by atoms with Crippen molar-refractivity contribution in [3.05, 3.63) is 24.3 Å². The van der Waals surface area contributed by atoms with Crippen LogP contribution in [-0.4, -0.2) is 39.4 Å². The molecule has 0 atom stereocenters. The molecule has 2 aromatic heterocycles. The van der Waals surface area contributed by atoms with Gasteiger partial charge in [-0.15, -0.1) is 5.10 Å². The van der Waals surface area contributed by atoms with Gasteiger partial charge in [-0.1, -0.05) is 78.8 Å². The minimum atomic E-state index is -2.10. The van der Waals surface area contributed by atoms with Crippen LogP contribution in [0.3, 0.4) is 0 Å². The van der Waals surface area contributed by atoms with E-state index in [9.17, 15) is 4.79 Å². The second-order valence-corrected chi connectivity index (χ2v) is 9.80. The van der Waals surface area contributed by atoms with Crippen LogP contribution in [0.1, 0.15) is 32.4 Å². The van der Waals surface area contributed by atoms with Crippen molar-refractivity contribution >= 4 is 64.0 Å². The summed E-state index contributed by atoms with van der Waals surface area (Å²) in [6.45, 7) is 5.90. The van der Waals surface area contributed by atoms with Gasteiger partial charge in [0.25, 0.3) is 0 Å². The zero-order valence-electron chi connectivity index (χ0n) is 12.8. The summed E-state index contributed by atoms with van der Waals surface area (Å²) >= 11 is 29.6. The van der Waals surface area contributed by atoms with E-state index in [0.717, 1.165) is 9.36 Å². The lowest BCUT2D eigenvalue weighted by atomic mass is 9.92. The Morgan fingerprint density at radius 1 is 1.17 bits per heavy atom. The van der Waals surface area contributed by atoms with E-state index in [1.165, 1.54) is 12.7 Å². The molecule has 0 saturated heterocycles. The maximum atomic E-state index is 12.5. The fourth-order valence-corrected chi connectivity index (χ4v) is 2.16. The van der Waals surface area contributed by atoms with Crippen molar-refractivity contribution in [2.75, 3.05) is 0 Å². The van der Waals surface area contributed by atoms with Crippen molar-refractivity contribution in [2.45, 2.75) is 35.3 Å². The molecule has 2 rings (SSSR count). The first-order valence-corrected chi connectivity index (χ1v) is 8.52. The molecule has 0 bridgehead atoms. The minimum Gasteiger partial charge on any atom is -0.243 e. The van der Waals surface area contributed by atoms with Gasteiger partial charge in [0.1, 0.15) is 18.5 Å². The largest absolute Gasteiger partial charge is 0.372 e. The molecule has 0 fully saturated rings. The fourth-order valence-electron chi connectivity index (χ4n) is 1.75. The number of aromatic nitrogens is 6. The molecule has 24 heavy (non-hydrogen) atoms. The van der Waals surface area contributed by atoms with Crippen LogP contribution in [-0.2, 0) is 10.8 Å². The van der Waals surface area contributed by atoms with Crippen molar-refractivity contribution in [3.8, 4) is 0 Å². The van der Waals surface area contributed by atoms with Gasteiger partial charge >= 0.3 is 6.03 Å². The molecule has 0 aromatic carbocycles. The Balaban J connectivity index is 2.54. The zero-order chi connectivity index (χ0) is 18.3. The van der Waals surface area contributed by atoms with Crippen molar-refractivity contribution in [1.29, 1.82) is 0 Å². The lowest BCUT2D eigenvalue weighted by Crippen LogP contribution is -2.30. The van der Waals surface area contributed by atoms with Crippen LogP contribution in [0.2, 0.25) is 0 Å². The van der Waals surface area contributed by atoms with Crippen LogP contribution in [0.25, 0.3) is 0 Å². The third-order valence-electron chi connectivity index (χ3n) is 2.80. The van der Waals surface area contributed by atoms with Crippen molar-refractivity contribution in [2.24, 2.45) is 5.41 Å². The van der Waals surface area contributed by atoms with E-state index < -0.39 is 14.2 Å². The minimum absolute atomic E-state index is 0.196. The summed E-state index contributed by atoms with van der Waals surface area (Å²) in [4.78, 5) is 20.5. The molecular formula is C12H13Cl5N6O. The summed E-state index contributed by atoms with van der Waals surface area (Å²) in [5, 5.41) is 7.81. The average molecular weight is 435 g/mol. The molecule has 0 aliphatic rings. The van der Waals surface area contributed by atoms with Crippen LogP contribution in [0.5, 0.6) is 0 Å². The maximum Gasteiger partial charge on any atom is 0.372 e. The highest BCUT2D eigenvalue weighted by Crippen LogP contribution is 2.51. The number of hydrogen-bond donors (Lipinski definition) is 0. The maximum absolute atomic E-state index is 12.5. The second-order valence-electron chi connectivity index (χ2n) is 6.20. The molecule has 0 N–H and O–H groups in total. The van der Waals surface area contributed by atoms with Gasteiger partial charge in [-0.2, -0.15) is 14.5 Å². The van der Waals surface area contributed by atoms with E-state index in [2.05, 4.69) is 20.2 Å². The van der Waals surface area contributed by atoms with Gasteiger partial charge in [-0.25, -0.2) is 14.8 Å². The highest BCUT2D eigenvalue weighted by Gasteiger charge is 2.51. The normalized spacial score (nSPS) is 13.3. The number of nitrogens with zero attached hydrogens (tertiary/aromatic N) is 6. The molecule has 132 valence electrons. The summed E-state index contributed by atoms with van der Waals surface area (Å²) < 4.78 is -2.13. The Kier molecular flexibility index (Phi) is 5.43. The Morgan fingerprint density at radius 3 is 2.25 bits per heavy atom. The van der Waals surface area contributed by atoms with Crippen molar-refractivity contribution in [1.82, 2.24) is 29.5 Å². The smallest absolute Gasteiger partial charge is 0.243 e. The molecule has 0 aliphatic heterocycles. The standard InChI is InChI=1S/C12H13Cl5N6O/c1-10(2,3)4-7-20-8(11(13,14)12(15,16)17)21-23(7)9(24)22-6-18-5-19-22/h5-6H,4H2,1-3H3. The van der Waals surface area contributed by atoms with E-state index in [1.807, 2.05) is 20.8 Å². The highest BCUT2D eigenvalue weighted by atomic mass is 35.6. The zero-order valence-corrected chi connectivity index (χ0v) is 16.6. The Bertz CT molecular complexity index is 728. The predicted octanol–water partition coefficient (Wildman–Crippen LogP) is 3.98. The topological polar surface area (TPSA) is 78.5 Å². The van der Waals surface area contributed by atoms with Crippen LogP contribution in [0.4, 0.5) is 4.79 Å². The molecule has 0 amide bonds. The quantitative estimate of drug-likeness (QED) is 0.668. The summed E-state index contributed by atoms with van der Waals surface area (Å²) in [5.41, 5.74) is -0.202. The van der Waals surface area contributed by atoms with Crippen molar-refractivity contribution in [3.63, 3.8) is 0 Å². The molecule has 0 aliphatic carbocycles. The molecule has 0 saturated carbocycles. The van der Waals surface area contributed by atoms with Gasteiger partial charge in [-0.05, 0) is 5.41 Å². The van der Waals surface area contributed by atoms with Gasteiger partial charge in [-0.3, -0.25) is 0 Å². The van der Waals surface area contributed by atoms with Crippen LogP contribution < -0.4 is 0 Å². The Hall–Kier alpha value is -0.600. The van der Waals surface area contributed by atoms with E-state index in [1.54, 1.807) is 0 Å². The van der Waals surface area contributed by atoms with Gasteiger partial charge in [0, 0.05) is 6.42 Å². The molecule has 7 nitrogen and oxygen atoms in total. The van der Waals surface area contributed by atoms with Crippen LogP contribution >= 0.6 is 58.0 Å². The lowest BCUT2D eigenvalue weighted by Gasteiger charge is -2.23. The first-order valence-electron chi connectivity index (χ1n) is 6.63. The molecule has 0 unspecified atom stereocenters. The number of carbonyl (C=O) groups excluding carboxylic acids is 1. The lowest BCUT2D eigenvalue weighted by molar-refractivity contribution is 0.236. The van der Waals surface area contributed by atoms with E-state index in [-0.39, 0.29) is 11.2 Å². The molecule has 0 spiro atoms. The van der Waals surface area contributed by atoms with Crippen molar-refractivity contribution < 1.29 is 4.79 Å². The van der Waals surface area contributed by atoms with Gasteiger partial charge in [0.2, 0.25) is 8.13 Å². The van der Waals surface area contributed by atoms with E-state index >= 15 is 0 Å². The monoisotopic (exact) mass is 432 g/mol. The third-order valence-corrected chi connectivity index (χ3v) is 5.13. The summed E-state index contributed by atoms with van der Waals surface area (Å²) in [7, 11) is 0. The first-order chi connectivity index (χ1) is 10.8. The number of hydrogen-bond acceptors (Lipinski definition) is 5. The third kappa shape index (κ3) is 4.14. The number of alkyl halides is 5. The Labute approximate surface area is 163 Å². The number of rotatable bonds is 2. The summed E-state index contributed by atoms with van der Waals surface area (Å²) in [5.74, 6) is 0.108. The second kappa shape index (κ2) is 6.61. The first kappa shape index (κ1) is 19.7. The van der Waals surface area contributed by atoms with Crippen LogP contribution in [0, 0.1) is 5.41 Å². The molecule has 0 radical (unpaired) electrons. The highest BCUT2D eigenvalue weighted by molar-refractivity contribution is 6.75. The number of halogens is 5. The summed E-state index contributed by atoms with van der Waals surface area (Å²) in [6, 6.07) is -0.612. The Morgan fingerprint density at radius 2 is 1.79 bits per heavy atom. The van der Waals surface area contributed by atoms with Gasteiger partial charge < -0.3 is 0 Å². The number of carbonyl (C=O) groups is 1. The van der Waals surface area contributed by atoms with Crippen LogP contribution in [0.15, 0.2) is 12.7 Å². The predicted molar refractivity (Wildman–Crippen MR) is 93.1 cm³/mol. The molecule has 2 heterocycles. The average Bonchev–Trinajstić information content (AvgIpc) is 3.03. The molecule has 2 aromatic rings. The van der Waals surface area contributed by atoms with E-state index in [0.29, 0.717) is 12.2 Å². The van der Waals surface area contributed by atoms with Gasteiger partial charge in [0.15, 0.2) is 5.82 Å².